The summed E-state index contributed by atoms with van der Waals surface area (Å²) in [6.45, 7) is 1.38. The zero-order valence-corrected chi connectivity index (χ0v) is 15.7. The smallest absolute Gasteiger partial charge is 0.326 e. The highest BCUT2D eigenvalue weighted by atomic mass is 19.1. The van der Waals surface area contributed by atoms with Gasteiger partial charge in [-0.1, -0.05) is 6.07 Å². The first kappa shape index (κ1) is 19.9. The van der Waals surface area contributed by atoms with Crippen molar-refractivity contribution >= 4 is 17.4 Å². The Morgan fingerprint density at radius 2 is 1.93 bits per heavy atom. The van der Waals surface area contributed by atoms with Crippen LogP contribution in [0, 0.1) is 17.5 Å². The second-order valence-electron chi connectivity index (χ2n) is 6.82. The number of carbonyl (C=O) groups excluding carboxylic acids is 1. The van der Waals surface area contributed by atoms with Gasteiger partial charge < -0.3 is 15.1 Å². The molecule has 10 heteroatoms. The first-order valence-electron chi connectivity index (χ1n) is 9.35. The number of carbonyl (C=O) groups is 1. The van der Waals surface area contributed by atoms with Gasteiger partial charge in [-0.05, 0) is 50.2 Å². The molecule has 0 saturated carbocycles. The van der Waals surface area contributed by atoms with Gasteiger partial charge in [0, 0.05) is 17.8 Å². The normalized spacial score (nSPS) is 14.5. The molecule has 1 aromatic heterocycles. The van der Waals surface area contributed by atoms with Crippen molar-refractivity contribution in [2.75, 3.05) is 23.3 Å². The van der Waals surface area contributed by atoms with Crippen LogP contribution < -0.4 is 15.5 Å². The molecule has 0 atom stereocenters. The number of anilines is 2. The monoisotopic (exact) mass is 417 g/mol. The molecule has 1 saturated heterocycles. The average Bonchev–Trinajstić information content (AvgIpc) is 3.26. The number of halogens is 3. The van der Waals surface area contributed by atoms with Gasteiger partial charge in [0.15, 0.2) is 0 Å². The Morgan fingerprint density at radius 3 is 2.63 bits per heavy atom. The van der Waals surface area contributed by atoms with Gasteiger partial charge >= 0.3 is 6.03 Å². The summed E-state index contributed by atoms with van der Waals surface area (Å²) in [6, 6.07) is 6.47. The van der Waals surface area contributed by atoms with E-state index in [9.17, 15) is 18.0 Å². The van der Waals surface area contributed by atoms with Gasteiger partial charge in [-0.25, -0.2) is 18.0 Å². The van der Waals surface area contributed by atoms with Crippen molar-refractivity contribution in [1.29, 1.82) is 0 Å². The lowest BCUT2D eigenvalue weighted by Crippen LogP contribution is -2.48. The molecule has 1 aliphatic heterocycles. The standard InChI is InChI=1S/C20H18F3N5O2/c21-12-2-1-3-14(8-12)28(13-4-6-24-7-5-13)20(29)26-18-9-15(16(22)10-17(18)23)19-27-25-11-30-19/h1-3,8-11,13,24H,4-7H2,(H,26,29). The van der Waals surface area contributed by atoms with Gasteiger partial charge in [-0.2, -0.15) is 0 Å². The van der Waals surface area contributed by atoms with Crippen molar-refractivity contribution < 1.29 is 22.4 Å². The van der Waals surface area contributed by atoms with Gasteiger partial charge in [0.2, 0.25) is 12.3 Å². The number of amides is 2. The maximum Gasteiger partial charge on any atom is 0.326 e. The molecule has 7 nitrogen and oxygen atoms in total. The fraction of sp³-hybridized carbons (Fsp3) is 0.250. The van der Waals surface area contributed by atoms with Crippen molar-refractivity contribution in [3.8, 4) is 11.5 Å². The van der Waals surface area contributed by atoms with E-state index in [1.807, 2.05) is 0 Å². The summed E-state index contributed by atoms with van der Waals surface area (Å²) in [4.78, 5) is 14.5. The molecule has 1 aliphatic rings. The highest BCUT2D eigenvalue weighted by Gasteiger charge is 2.28. The molecule has 0 spiro atoms. The SMILES string of the molecule is O=C(Nc1cc(-c2nnco2)c(F)cc1F)N(c1cccc(F)c1)C1CCNCC1. The first-order valence-corrected chi connectivity index (χ1v) is 9.35. The van der Waals surface area contributed by atoms with Gasteiger partial charge in [-0.3, -0.25) is 4.90 Å². The van der Waals surface area contributed by atoms with Crippen LogP contribution in [0.4, 0.5) is 29.3 Å². The Labute approximate surface area is 169 Å². The Balaban J connectivity index is 1.66. The van der Waals surface area contributed by atoms with E-state index in [1.54, 1.807) is 6.07 Å². The van der Waals surface area contributed by atoms with E-state index in [-0.39, 0.29) is 23.2 Å². The number of piperidine rings is 1. The van der Waals surface area contributed by atoms with Gasteiger partial charge in [0.05, 0.1) is 11.3 Å². The van der Waals surface area contributed by atoms with Crippen molar-refractivity contribution in [3.05, 3.63) is 60.2 Å². The van der Waals surface area contributed by atoms with E-state index in [4.69, 9.17) is 4.42 Å². The summed E-state index contributed by atoms with van der Waals surface area (Å²) in [5.74, 6) is -2.52. The molecule has 156 valence electrons. The number of benzene rings is 2. The molecule has 1 fully saturated rings. The number of aromatic nitrogens is 2. The average molecular weight is 417 g/mol. The number of rotatable bonds is 4. The van der Waals surface area contributed by atoms with Crippen molar-refractivity contribution in [1.82, 2.24) is 15.5 Å². The van der Waals surface area contributed by atoms with Crippen LogP contribution in [0.15, 0.2) is 47.2 Å². The largest absolute Gasteiger partial charge is 0.423 e. The van der Waals surface area contributed by atoms with Crippen LogP contribution in [0.5, 0.6) is 0 Å². The molecule has 3 aromatic rings. The highest BCUT2D eigenvalue weighted by Crippen LogP contribution is 2.29. The Bertz CT molecular complexity index is 1040. The molecule has 30 heavy (non-hydrogen) atoms. The van der Waals surface area contributed by atoms with Crippen LogP contribution in [0.2, 0.25) is 0 Å². The predicted molar refractivity (Wildman–Crippen MR) is 103 cm³/mol. The van der Waals surface area contributed by atoms with Crippen molar-refractivity contribution in [2.45, 2.75) is 18.9 Å². The molecule has 0 bridgehead atoms. The maximum atomic E-state index is 14.4. The summed E-state index contributed by atoms with van der Waals surface area (Å²) < 4.78 is 47.3. The van der Waals surface area contributed by atoms with E-state index in [0.717, 1.165) is 12.5 Å². The summed E-state index contributed by atoms with van der Waals surface area (Å²) in [5.41, 5.74) is -0.0626. The minimum atomic E-state index is -0.964. The van der Waals surface area contributed by atoms with Gasteiger partial charge in [0.1, 0.15) is 17.5 Å². The summed E-state index contributed by atoms with van der Waals surface area (Å²) >= 11 is 0. The summed E-state index contributed by atoms with van der Waals surface area (Å²) in [5, 5.41) is 12.8. The van der Waals surface area contributed by atoms with E-state index >= 15 is 0 Å². The van der Waals surface area contributed by atoms with Gasteiger partial charge in [0.25, 0.3) is 0 Å². The third kappa shape index (κ3) is 4.13. The second-order valence-corrected chi connectivity index (χ2v) is 6.82. The molecule has 0 unspecified atom stereocenters. The number of hydrogen-bond acceptors (Lipinski definition) is 5. The quantitative estimate of drug-likeness (QED) is 0.672. The Hall–Kier alpha value is -3.40. The predicted octanol–water partition coefficient (Wildman–Crippen LogP) is 3.94. The number of urea groups is 1. The molecule has 2 aromatic carbocycles. The molecule has 0 aliphatic carbocycles. The molecule has 0 radical (unpaired) electrons. The summed E-state index contributed by atoms with van der Waals surface area (Å²) in [7, 11) is 0. The maximum absolute atomic E-state index is 14.4. The Kier molecular flexibility index (Phi) is 5.66. The van der Waals surface area contributed by atoms with Crippen LogP contribution in [-0.4, -0.2) is 35.4 Å². The fourth-order valence-electron chi connectivity index (χ4n) is 3.46. The number of nitrogens with zero attached hydrogens (tertiary/aromatic N) is 3. The lowest BCUT2D eigenvalue weighted by atomic mass is 10.0. The molecule has 2 N–H and O–H groups in total. The van der Waals surface area contributed by atoms with Crippen LogP contribution in [-0.2, 0) is 0 Å². The minimum Gasteiger partial charge on any atom is -0.423 e. The number of hydrogen-bond donors (Lipinski definition) is 2. The lowest BCUT2D eigenvalue weighted by molar-refractivity contribution is 0.252. The van der Waals surface area contributed by atoms with E-state index in [0.29, 0.717) is 37.7 Å². The van der Waals surface area contributed by atoms with E-state index < -0.39 is 23.5 Å². The molecular formula is C20H18F3N5O2. The van der Waals surface area contributed by atoms with Crippen LogP contribution in [0.3, 0.4) is 0 Å². The topological polar surface area (TPSA) is 83.3 Å². The lowest BCUT2D eigenvalue weighted by Gasteiger charge is -2.34. The Morgan fingerprint density at radius 1 is 1.13 bits per heavy atom. The first-order chi connectivity index (χ1) is 14.5. The highest BCUT2D eigenvalue weighted by molar-refractivity contribution is 6.02. The van der Waals surface area contributed by atoms with E-state index in [1.165, 1.54) is 23.1 Å². The third-order valence-corrected chi connectivity index (χ3v) is 4.87. The second kappa shape index (κ2) is 8.54. The zero-order chi connectivity index (χ0) is 21.1. The van der Waals surface area contributed by atoms with E-state index in [2.05, 4.69) is 20.8 Å². The fourth-order valence-corrected chi connectivity index (χ4v) is 3.46. The molecule has 2 heterocycles. The van der Waals surface area contributed by atoms with Gasteiger partial charge in [-0.15, -0.1) is 10.2 Å². The number of nitrogens with one attached hydrogen (secondary N) is 2. The molecule has 2 amide bonds. The third-order valence-electron chi connectivity index (χ3n) is 4.87. The molecule has 4 rings (SSSR count). The van der Waals surface area contributed by atoms with Crippen LogP contribution >= 0.6 is 0 Å². The molecular weight excluding hydrogens is 399 g/mol. The van der Waals surface area contributed by atoms with Crippen molar-refractivity contribution in [3.63, 3.8) is 0 Å². The van der Waals surface area contributed by atoms with Crippen molar-refractivity contribution in [2.24, 2.45) is 0 Å². The summed E-state index contributed by atoms with van der Waals surface area (Å²) in [6.07, 6.45) is 2.30. The zero-order valence-electron chi connectivity index (χ0n) is 15.7. The van der Waals surface area contributed by atoms with Crippen LogP contribution in [0.1, 0.15) is 12.8 Å². The van der Waals surface area contributed by atoms with Crippen LogP contribution in [0.25, 0.3) is 11.5 Å². The minimum absolute atomic E-state index is 0.150.